The van der Waals surface area contributed by atoms with E-state index in [2.05, 4.69) is 5.10 Å². The van der Waals surface area contributed by atoms with Gasteiger partial charge in [0.25, 0.3) is 5.91 Å². The zero-order valence-electron chi connectivity index (χ0n) is 16.6. The molecule has 3 heterocycles. The Bertz CT molecular complexity index is 1060. The number of amides is 1. The van der Waals surface area contributed by atoms with Gasteiger partial charge in [0.2, 0.25) is 0 Å². The summed E-state index contributed by atoms with van der Waals surface area (Å²) in [4.78, 5) is 31.5. The van der Waals surface area contributed by atoms with Gasteiger partial charge in [-0.3, -0.25) is 9.59 Å². The third-order valence-corrected chi connectivity index (χ3v) is 5.70. The second-order valence-corrected chi connectivity index (χ2v) is 7.54. The van der Waals surface area contributed by atoms with E-state index in [1.54, 1.807) is 21.8 Å². The molecule has 150 valence electrons. The number of carboxylic acids is 1. The molecule has 3 aromatic rings. The van der Waals surface area contributed by atoms with Crippen LogP contribution in [0.2, 0.25) is 0 Å². The largest absolute Gasteiger partial charge is 0.481 e. The van der Waals surface area contributed by atoms with Gasteiger partial charge in [0, 0.05) is 24.7 Å². The molecule has 4 rings (SSSR count). The first-order valence-electron chi connectivity index (χ1n) is 9.95. The van der Waals surface area contributed by atoms with Crippen LogP contribution in [0.25, 0.3) is 22.3 Å². The smallest absolute Gasteiger partial charge is 0.308 e. The van der Waals surface area contributed by atoms with Crippen molar-refractivity contribution in [2.75, 3.05) is 6.54 Å². The van der Waals surface area contributed by atoms with Crippen LogP contribution in [0.15, 0.2) is 42.6 Å². The first kappa shape index (κ1) is 19.1. The van der Waals surface area contributed by atoms with Gasteiger partial charge in [-0.05, 0) is 32.8 Å². The van der Waals surface area contributed by atoms with Crippen molar-refractivity contribution in [1.29, 1.82) is 0 Å². The van der Waals surface area contributed by atoms with Crippen molar-refractivity contribution in [3.05, 3.63) is 48.2 Å². The Morgan fingerprint density at radius 3 is 2.66 bits per heavy atom. The molecule has 2 aromatic heterocycles. The Labute approximate surface area is 169 Å². The van der Waals surface area contributed by atoms with Gasteiger partial charge in [-0.15, -0.1) is 0 Å². The van der Waals surface area contributed by atoms with Crippen LogP contribution >= 0.6 is 0 Å². The molecule has 1 amide bonds. The maximum atomic E-state index is 13.5. The lowest BCUT2D eigenvalue weighted by Crippen LogP contribution is -2.47. The van der Waals surface area contributed by atoms with Gasteiger partial charge < -0.3 is 10.0 Å². The summed E-state index contributed by atoms with van der Waals surface area (Å²) in [6.45, 7) is 4.82. The summed E-state index contributed by atoms with van der Waals surface area (Å²) in [5, 5.41) is 14.5. The SMILES string of the molecule is CCn1ncc2c(C(=O)N3CC(C(=O)O)CCC3C)cc(-c3ccccc3)nc21. The number of benzene rings is 1. The Kier molecular flexibility index (Phi) is 5.05. The van der Waals surface area contributed by atoms with E-state index >= 15 is 0 Å². The first-order valence-corrected chi connectivity index (χ1v) is 9.95. The van der Waals surface area contributed by atoms with Crippen molar-refractivity contribution < 1.29 is 14.7 Å². The molecule has 7 nitrogen and oxygen atoms in total. The Hall–Kier alpha value is -3.22. The van der Waals surface area contributed by atoms with Gasteiger partial charge in [0.15, 0.2) is 5.65 Å². The molecule has 2 unspecified atom stereocenters. The summed E-state index contributed by atoms with van der Waals surface area (Å²) in [5.41, 5.74) is 2.81. The average Bonchev–Trinajstić information content (AvgIpc) is 3.16. The molecule has 1 aromatic carbocycles. The average molecular weight is 392 g/mol. The van der Waals surface area contributed by atoms with Crippen molar-refractivity contribution in [2.45, 2.75) is 39.3 Å². The van der Waals surface area contributed by atoms with Crippen LogP contribution < -0.4 is 0 Å². The van der Waals surface area contributed by atoms with Crippen molar-refractivity contribution in [3.63, 3.8) is 0 Å². The summed E-state index contributed by atoms with van der Waals surface area (Å²) in [6.07, 6.45) is 2.95. The van der Waals surface area contributed by atoms with E-state index in [-0.39, 0.29) is 18.5 Å². The number of rotatable bonds is 4. The van der Waals surface area contributed by atoms with Crippen LogP contribution in [0.1, 0.15) is 37.0 Å². The Morgan fingerprint density at radius 1 is 1.21 bits per heavy atom. The predicted octanol–water partition coefficient (Wildman–Crippen LogP) is 3.44. The molecule has 1 saturated heterocycles. The number of piperidine rings is 1. The summed E-state index contributed by atoms with van der Waals surface area (Å²) in [5.74, 6) is -1.54. The van der Waals surface area contributed by atoms with E-state index in [1.807, 2.05) is 44.2 Å². The quantitative estimate of drug-likeness (QED) is 0.735. The fourth-order valence-electron chi connectivity index (χ4n) is 3.96. The van der Waals surface area contributed by atoms with Gasteiger partial charge in [0.05, 0.1) is 28.8 Å². The van der Waals surface area contributed by atoms with Crippen molar-refractivity contribution in [2.24, 2.45) is 5.92 Å². The molecule has 0 saturated carbocycles. The summed E-state index contributed by atoms with van der Waals surface area (Å²) in [6, 6.07) is 11.5. The van der Waals surface area contributed by atoms with Gasteiger partial charge in [-0.1, -0.05) is 30.3 Å². The van der Waals surface area contributed by atoms with Crippen LogP contribution in [0.3, 0.4) is 0 Å². The third-order valence-electron chi connectivity index (χ3n) is 5.70. The van der Waals surface area contributed by atoms with Crippen LogP contribution in [0.5, 0.6) is 0 Å². The first-order chi connectivity index (χ1) is 14.0. The highest BCUT2D eigenvalue weighted by molar-refractivity contribution is 6.06. The van der Waals surface area contributed by atoms with Crippen LogP contribution in [-0.4, -0.2) is 49.2 Å². The third kappa shape index (κ3) is 3.48. The molecule has 2 atom stereocenters. The van der Waals surface area contributed by atoms with E-state index < -0.39 is 11.9 Å². The summed E-state index contributed by atoms with van der Waals surface area (Å²) < 4.78 is 1.78. The highest BCUT2D eigenvalue weighted by Crippen LogP contribution is 2.29. The molecule has 0 radical (unpaired) electrons. The second-order valence-electron chi connectivity index (χ2n) is 7.54. The zero-order valence-corrected chi connectivity index (χ0v) is 16.6. The minimum absolute atomic E-state index is 0.0114. The number of hydrogen-bond donors (Lipinski definition) is 1. The lowest BCUT2D eigenvalue weighted by atomic mass is 9.92. The number of carbonyl (C=O) groups excluding carboxylic acids is 1. The Morgan fingerprint density at radius 2 is 1.97 bits per heavy atom. The minimum Gasteiger partial charge on any atom is -0.481 e. The van der Waals surface area contributed by atoms with Gasteiger partial charge >= 0.3 is 5.97 Å². The number of aromatic nitrogens is 3. The monoisotopic (exact) mass is 392 g/mol. The number of aliphatic carboxylic acids is 1. The molecule has 29 heavy (non-hydrogen) atoms. The van der Waals surface area contributed by atoms with Gasteiger partial charge in [0.1, 0.15) is 0 Å². The number of carboxylic acid groups (broad SMARTS) is 1. The number of carbonyl (C=O) groups is 2. The number of hydrogen-bond acceptors (Lipinski definition) is 4. The molecule has 0 aliphatic carbocycles. The van der Waals surface area contributed by atoms with Gasteiger partial charge in [-0.25, -0.2) is 9.67 Å². The van der Waals surface area contributed by atoms with Gasteiger partial charge in [-0.2, -0.15) is 5.10 Å². The predicted molar refractivity (Wildman–Crippen MR) is 109 cm³/mol. The highest BCUT2D eigenvalue weighted by Gasteiger charge is 2.34. The van der Waals surface area contributed by atoms with Crippen molar-refractivity contribution in [3.8, 4) is 11.3 Å². The molecule has 1 aliphatic heterocycles. The lowest BCUT2D eigenvalue weighted by molar-refractivity contribution is -0.143. The van der Waals surface area contributed by atoms with Crippen molar-refractivity contribution >= 4 is 22.9 Å². The number of aryl methyl sites for hydroxylation is 1. The molecule has 1 fully saturated rings. The minimum atomic E-state index is -0.849. The Balaban J connectivity index is 1.82. The molecule has 0 bridgehead atoms. The lowest BCUT2D eigenvalue weighted by Gasteiger charge is -2.36. The maximum absolute atomic E-state index is 13.5. The van der Waals surface area contributed by atoms with E-state index in [0.29, 0.717) is 41.7 Å². The number of likely N-dealkylation sites (tertiary alicyclic amines) is 1. The molecule has 7 heteroatoms. The van der Waals surface area contributed by atoms with Crippen LogP contribution in [0.4, 0.5) is 0 Å². The molecular weight excluding hydrogens is 368 g/mol. The molecule has 1 N–H and O–H groups in total. The van der Waals surface area contributed by atoms with Crippen LogP contribution in [-0.2, 0) is 11.3 Å². The molecular formula is C22H24N4O3. The zero-order chi connectivity index (χ0) is 20.5. The number of pyridine rings is 1. The van der Waals surface area contributed by atoms with Crippen LogP contribution in [0, 0.1) is 5.92 Å². The van der Waals surface area contributed by atoms with E-state index in [9.17, 15) is 14.7 Å². The maximum Gasteiger partial charge on any atom is 0.308 e. The highest BCUT2D eigenvalue weighted by atomic mass is 16.4. The van der Waals surface area contributed by atoms with E-state index in [0.717, 1.165) is 5.56 Å². The fourth-order valence-corrected chi connectivity index (χ4v) is 3.96. The summed E-state index contributed by atoms with van der Waals surface area (Å²) in [7, 11) is 0. The molecule has 0 spiro atoms. The van der Waals surface area contributed by atoms with E-state index in [4.69, 9.17) is 4.98 Å². The van der Waals surface area contributed by atoms with E-state index in [1.165, 1.54) is 0 Å². The summed E-state index contributed by atoms with van der Waals surface area (Å²) >= 11 is 0. The number of fused-ring (bicyclic) bond motifs is 1. The fraction of sp³-hybridized carbons (Fsp3) is 0.364. The normalized spacial score (nSPS) is 19.4. The second kappa shape index (κ2) is 7.66. The number of nitrogens with zero attached hydrogens (tertiary/aromatic N) is 4. The van der Waals surface area contributed by atoms with Crippen molar-refractivity contribution in [1.82, 2.24) is 19.7 Å². The molecule has 1 aliphatic rings. The topological polar surface area (TPSA) is 88.3 Å². The standard InChI is InChI=1S/C22H24N4O3/c1-3-26-20-18(12-23-26)17(11-19(24-20)15-7-5-4-6-8-15)21(27)25-13-16(22(28)29)10-9-14(25)2/h4-8,11-12,14,16H,3,9-10,13H2,1-2H3,(H,28,29).